The van der Waals surface area contributed by atoms with Crippen molar-refractivity contribution >= 4 is 11.6 Å². The van der Waals surface area contributed by atoms with Gasteiger partial charge in [0.05, 0.1) is 0 Å². The molecule has 1 unspecified atom stereocenters. The largest absolute Gasteiger partial charge is 0.327 e. The van der Waals surface area contributed by atoms with Crippen molar-refractivity contribution in [2.75, 3.05) is 0 Å². The molecule has 0 radical (unpaired) electrons. The van der Waals surface area contributed by atoms with Gasteiger partial charge in [0.2, 0.25) is 0 Å². The first-order valence-electron chi connectivity index (χ1n) is 6.90. The third-order valence-corrected chi connectivity index (χ3v) is 4.39. The van der Waals surface area contributed by atoms with Crippen LogP contribution in [0.3, 0.4) is 0 Å². The molecule has 2 N–H and O–H groups in total. The summed E-state index contributed by atoms with van der Waals surface area (Å²) >= 11 is 5.77. The van der Waals surface area contributed by atoms with Crippen LogP contribution in [0.1, 0.15) is 16.7 Å². The molecule has 104 valence electrons. The smallest absolute Gasteiger partial charge is 0.127 e. The van der Waals surface area contributed by atoms with Crippen LogP contribution in [0.15, 0.2) is 42.5 Å². The van der Waals surface area contributed by atoms with E-state index in [0.717, 1.165) is 12.8 Å². The van der Waals surface area contributed by atoms with Crippen LogP contribution < -0.4 is 5.73 Å². The molecule has 0 fully saturated rings. The fraction of sp³-hybridized carbons (Fsp3) is 0.294. The van der Waals surface area contributed by atoms with Crippen molar-refractivity contribution in [2.24, 2.45) is 11.7 Å². The van der Waals surface area contributed by atoms with Gasteiger partial charge in [0.1, 0.15) is 5.82 Å². The Morgan fingerprint density at radius 3 is 2.40 bits per heavy atom. The molecule has 1 atom stereocenters. The van der Waals surface area contributed by atoms with E-state index >= 15 is 0 Å². The number of hydrogen-bond donors (Lipinski definition) is 1. The molecule has 3 rings (SSSR count). The number of benzene rings is 2. The summed E-state index contributed by atoms with van der Waals surface area (Å²) in [6.45, 7) is 0. The lowest BCUT2D eigenvalue weighted by Crippen LogP contribution is -2.33. The highest BCUT2D eigenvalue weighted by molar-refractivity contribution is 6.30. The van der Waals surface area contributed by atoms with Crippen molar-refractivity contribution < 1.29 is 4.39 Å². The fourth-order valence-electron chi connectivity index (χ4n) is 3.00. The number of fused-ring (bicyclic) bond motifs is 1. The van der Waals surface area contributed by atoms with Crippen molar-refractivity contribution in [3.63, 3.8) is 0 Å². The second-order valence-electron chi connectivity index (χ2n) is 5.54. The quantitative estimate of drug-likeness (QED) is 0.915. The second kappa shape index (κ2) is 5.55. The van der Waals surface area contributed by atoms with Gasteiger partial charge in [-0.2, -0.15) is 0 Å². The van der Waals surface area contributed by atoms with Gasteiger partial charge in [0.15, 0.2) is 0 Å². The monoisotopic (exact) mass is 289 g/mol. The van der Waals surface area contributed by atoms with E-state index in [9.17, 15) is 4.39 Å². The minimum Gasteiger partial charge on any atom is -0.327 e. The summed E-state index contributed by atoms with van der Waals surface area (Å²) in [6, 6.07) is 13.2. The van der Waals surface area contributed by atoms with E-state index < -0.39 is 0 Å². The maximum absolute atomic E-state index is 13.8. The molecule has 20 heavy (non-hydrogen) atoms. The van der Waals surface area contributed by atoms with E-state index in [0.29, 0.717) is 22.9 Å². The van der Waals surface area contributed by atoms with Gasteiger partial charge in [-0.05, 0) is 54.0 Å². The Morgan fingerprint density at radius 2 is 1.80 bits per heavy atom. The molecule has 2 aromatic rings. The van der Waals surface area contributed by atoms with Crippen LogP contribution in [0.5, 0.6) is 0 Å². The normalized spacial score (nSPS) is 16.1. The summed E-state index contributed by atoms with van der Waals surface area (Å²) < 4.78 is 13.8. The Hall–Kier alpha value is -1.38. The van der Waals surface area contributed by atoms with Crippen LogP contribution in [-0.2, 0) is 19.3 Å². The van der Waals surface area contributed by atoms with Gasteiger partial charge in [0, 0.05) is 11.1 Å². The molecule has 0 saturated heterocycles. The van der Waals surface area contributed by atoms with E-state index in [4.69, 9.17) is 17.3 Å². The number of nitrogens with two attached hydrogens (primary N) is 1. The van der Waals surface area contributed by atoms with Crippen molar-refractivity contribution in [3.8, 4) is 0 Å². The first-order valence-corrected chi connectivity index (χ1v) is 7.27. The summed E-state index contributed by atoms with van der Waals surface area (Å²) in [6.07, 6.45) is 2.54. The van der Waals surface area contributed by atoms with Crippen LogP contribution in [0.4, 0.5) is 4.39 Å². The van der Waals surface area contributed by atoms with E-state index in [-0.39, 0.29) is 11.9 Å². The van der Waals surface area contributed by atoms with Crippen molar-refractivity contribution in [1.29, 1.82) is 0 Å². The number of rotatable bonds is 3. The summed E-state index contributed by atoms with van der Waals surface area (Å²) in [5.74, 6) is 0.130. The average molecular weight is 290 g/mol. The van der Waals surface area contributed by atoms with Crippen LogP contribution in [0.2, 0.25) is 5.02 Å². The fourth-order valence-corrected chi connectivity index (χ4v) is 3.16. The first-order chi connectivity index (χ1) is 9.63. The van der Waals surface area contributed by atoms with E-state index in [2.05, 4.69) is 24.3 Å². The Labute approximate surface area is 123 Å². The van der Waals surface area contributed by atoms with Gasteiger partial charge in [-0.25, -0.2) is 4.39 Å². The van der Waals surface area contributed by atoms with Gasteiger partial charge < -0.3 is 5.73 Å². The highest BCUT2D eigenvalue weighted by Gasteiger charge is 2.26. The maximum Gasteiger partial charge on any atom is 0.127 e. The Kier molecular flexibility index (Phi) is 3.77. The molecule has 0 spiro atoms. The summed E-state index contributed by atoms with van der Waals surface area (Å²) in [5, 5.41) is 0.424. The van der Waals surface area contributed by atoms with Crippen molar-refractivity contribution in [2.45, 2.75) is 25.3 Å². The lowest BCUT2D eigenvalue weighted by atomic mass is 9.92. The number of halogens is 2. The molecule has 0 bridgehead atoms. The zero-order valence-corrected chi connectivity index (χ0v) is 11.9. The SMILES string of the molecule is NC(Cc1ccc(Cl)cc1F)C1Cc2ccccc2C1. The van der Waals surface area contributed by atoms with E-state index in [1.807, 2.05) is 0 Å². The predicted octanol–water partition coefficient (Wildman–Crippen LogP) is 3.76. The average Bonchev–Trinajstić information content (AvgIpc) is 2.86. The molecule has 2 aromatic carbocycles. The first kappa shape index (κ1) is 13.6. The Balaban J connectivity index is 1.70. The predicted molar refractivity (Wildman–Crippen MR) is 80.4 cm³/mol. The van der Waals surface area contributed by atoms with E-state index in [1.54, 1.807) is 12.1 Å². The topological polar surface area (TPSA) is 26.0 Å². The minimum atomic E-state index is -0.261. The van der Waals surface area contributed by atoms with Gasteiger partial charge in [-0.15, -0.1) is 0 Å². The summed E-state index contributed by atoms with van der Waals surface area (Å²) in [4.78, 5) is 0. The summed E-state index contributed by atoms with van der Waals surface area (Å²) in [5.41, 5.74) is 9.71. The molecule has 0 heterocycles. The molecule has 0 aliphatic heterocycles. The molecular weight excluding hydrogens is 273 g/mol. The molecule has 0 aromatic heterocycles. The minimum absolute atomic E-state index is 0.0296. The zero-order chi connectivity index (χ0) is 14.1. The van der Waals surface area contributed by atoms with Crippen LogP contribution in [0, 0.1) is 11.7 Å². The lowest BCUT2D eigenvalue weighted by Gasteiger charge is -2.19. The van der Waals surface area contributed by atoms with Gasteiger partial charge in [-0.3, -0.25) is 0 Å². The highest BCUT2D eigenvalue weighted by Crippen LogP contribution is 2.29. The third-order valence-electron chi connectivity index (χ3n) is 4.16. The third kappa shape index (κ3) is 2.72. The highest BCUT2D eigenvalue weighted by atomic mass is 35.5. The molecule has 3 heteroatoms. The Bertz CT molecular complexity index is 601. The molecular formula is C17H17ClFN. The van der Waals surface area contributed by atoms with Crippen LogP contribution >= 0.6 is 11.6 Å². The van der Waals surface area contributed by atoms with Gasteiger partial charge in [0.25, 0.3) is 0 Å². The number of hydrogen-bond acceptors (Lipinski definition) is 1. The zero-order valence-electron chi connectivity index (χ0n) is 11.2. The van der Waals surface area contributed by atoms with Crippen LogP contribution in [-0.4, -0.2) is 6.04 Å². The molecule has 1 nitrogen and oxygen atoms in total. The molecule has 0 amide bonds. The lowest BCUT2D eigenvalue weighted by molar-refractivity contribution is 0.431. The standard InChI is InChI=1S/C17H17ClFN/c18-15-6-5-13(16(19)10-15)9-17(20)14-7-11-3-1-2-4-12(11)8-14/h1-6,10,14,17H,7-9,20H2. The molecule has 0 saturated carbocycles. The van der Waals surface area contributed by atoms with Gasteiger partial charge >= 0.3 is 0 Å². The van der Waals surface area contributed by atoms with E-state index in [1.165, 1.54) is 17.2 Å². The van der Waals surface area contributed by atoms with Crippen molar-refractivity contribution in [3.05, 3.63) is 70.0 Å². The van der Waals surface area contributed by atoms with Gasteiger partial charge in [-0.1, -0.05) is 41.9 Å². The molecule has 1 aliphatic rings. The van der Waals surface area contributed by atoms with Crippen LogP contribution in [0.25, 0.3) is 0 Å². The second-order valence-corrected chi connectivity index (χ2v) is 5.98. The Morgan fingerprint density at radius 1 is 1.15 bits per heavy atom. The van der Waals surface area contributed by atoms with Crippen molar-refractivity contribution in [1.82, 2.24) is 0 Å². The summed E-state index contributed by atoms with van der Waals surface area (Å²) in [7, 11) is 0. The maximum atomic E-state index is 13.8. The molecule has 1 aliphatic carbocycles.